The minimum absolute atomic E-state index is 0.467. The molecule has 0 spiro atoms. The molecule has 0 aromatic carbocycles. The maximum atomic E-state index is 4.86. The summed E-state index contributed by atoms with van der Waals surface area (Å²) in [5.41, 5.74) is 0. The van der Waals surface area contributed by atoms with E-state index in [0.717, 1.165) is 11.6 Å². The molecular formula is C6H10N2O2. The summed E-state index contributed by atoms with van der Waals surface area (Å²) in [4.78, 5) is 0. The van der Waals surface area contributed by atoms with Crippen LogP contribution < -0.4 is 5.32 Å². The Morgan fingerprint density at radius 3 is 3.10 bits per heavy atom. The van der Waals surface area contributed by atoms with Gasteiger partial charge in [0.15, 0.2) is 11.6 Å². The highest BCUT2D eigenvalue weighted by Gasteiger charge is 1.99. The maximum absolute atomic E-state index is 4.86. The lowest BCUT2D eigenvalue weighted by Gasteiger charge is -1.87. The van der Waals surface area contributed by atoms with Gasteiger partial charge in [0.2, 0.25) is 0 Å². The summed E-state index contributed by atoms with van der Waals surface area (Å²) in [5.74, 6) is 1.46. The topological polar surface area (TPSA) is 47.3 Å². The van der Waals surface area contributed by atoms with Crippen LogP contribution in [-0.4, -0.2) is 19.3 Å². The molecule has 0 radical (unpaired) electrons. The molecule has 0 saturated carbocycles. The largest absolute Gasteiger partial charge is 0.377 e. The molecule has 4 heteroatoms. The molecule has 0 aliphatic carbocycles. The Hall–Kier alpha value is -1.03. The van der Waals surface area contributed by atoms with Crippen molar-refractivity contribution in [3.8, 4) is 0 Å². The second-order valence-electron chi connectivity index (χ2n) is 1.86. The van der Waals surface area contributed by atoms with E-state index in [9.17, 15) is 0 Å². The number of aromatic nitrogens is 1. The molecule has 56 valence electrons. The van der Waals surface area contributed by atoms with Gasteiger partial charge in [-0.2, -0.15) is 0 Å². The summed E-state index contributed by atoms with van der Waals surface area (Å²) in [6, 6.07) is 1.80. The van der Waals surface area contributed by atoms with Crippen molar-refractivity contribution < 1.29 is 9.26 Å². The van der Waals surface area contributed by atoms with Gasteiger partial charge in [0.1, 0.15) is 6.61 Å². The lowest BCUT2D eigenvalue weighted by atomic mass is 10.5. The molecule has 0 atom stereocenters. The Balaban J connectivity index is 2.59. The molecule has 0 aliphatic rings. The fraction of sp³-hybridized carbons (Fsp3) is 0.500. The van der Waals surface area contributed by atoms with Crippen LogP contribution in [0.1, 0.15) is 5.76 Å². The first kappa shape index (κ1) is 7.08. The van der Waals surface area contributed by atoms with Crippen molar-refractivity contribution in [1.29, 1.82) is 0 Å². The molecular weight excluding hydrogens is 132 g/mol. The average Bonchev–Trinajstić information content (AvgIpc) is 2.37. The number of anilines is 1. The van der Waals surface area contributed by atoms with Gasteiger partial charge >= 0.3 is 0 Å². The van der Waals surface area contributed by atoms with E-state index in [1.54, 1.807) is 20.2 Å². The zero-order valence-corrected chi connectivity index (χ0v) is 6.05. The van der Waals surface area contributed by atoms with Gasteiger partial charge in [-0.1, -0.05) is 5.16 Å². The van der Waals surface area contributed by atoms with Crippen LogP contribution in [0.2, 0.25) is 0 Å². The molecule has 1 heterocycles. The second-order valence-corrected chi connectivity index (χ2v) is 1.86. The van der Waals surface area contributed by atoms with Crippen molar-refractivity contribution in [2.75, 3.05) is 19.5 Å². The molecule has 1 N–H and O–H groups in total. The number of hydrogen-bond acceptors (Lipinski definition) is 4. The Bertz CT molecular complexity index is 197. The van der Waals surface area contributed by atoms with E-state index in [-0.39, 0.29) is 0 Å². The first-order valence-corrected chi connectivity index (χ1v) is 2.99. The molecule has 0 unspecified atom stereocenters. The van der Waals surface area contributed by atoms with E-state index in [1.807, 2.05) is 0 Å². The summed E-state index contributed by atoms with van der Waals surface area (Å²) in [7, 11) is 3.40. The molecule has 1 aromatic rings. The normalized spacial score (nSPS) is 9.80. The third-order valence-corrected chi connectivity index (χ3v) is 1.10. The smallest absolute Gasteiger partial charge is 0.169 e. The summed E-state index contributed by atoms with van der Waals surface area (Å²) in [6.07, 6.45) is 0. The van der Waals surface area contributed by atoms with Crippen LogP contribution in [0.15, 0.2) is 10.6 Å². The highest BCUT2D eigenvalue weighted by atomic mass is 16.5. The van der Waals surface area contributed by atoms with Crippen LogP contribution in [0.3, 0.4) is 0 Å². The minimum Gasteiger partial charge on any atom is -0.377 e. The van der Waals surface area contributed by atoms with Gasteiger partial charge < -0.3 is 14.6 Å². The molecule has 0 aliphatic heterocycles. The summed E-state index contributed by atoms with van der Waals surface area (Å²) < 4.78 is 9.68. The predicted octanol–water partition coefficient (Wildman–Crippen LogP) is 0.863. The van der Waals surface area contributed by atoms with Gasteiger partial charge in [-0.25, -0.2) is 0 Å². The van der Waals surface area contributed by atoms with Gasteiger partial charge in [0.05, 0.1) is 0 Å². The van der Waals surface area contributed by atoms with Crippen molar-refractivity contribution in [1.82, 2.24) is 5.16 Å². The molecule has 0 bridgehead atoms. The summed E-state index contributed by atoms with van der Waals surface area (Å²) in [5, 5.41) is 6.53. The van der Waals surface area contributed by atoms with Gasteiger partial charge in [-0.15, -0.1) is 0 Å². The van der Waals surface area contributed by atoms with Gasteiger partial charge in [0, 0.05) is 20.2 Å². The van der Waals surface area contributed by atoms with Crippen LogP contribution in [0.25, 0.3) is 0 Å². The monoisotopic (exact) mass is 142 g/mol. The Morgan fingerprint density at radius 1 is 1.80 bits per heavy atom. The first-order valence-electron chi connectivity index (χ1n) is 2.99. The van der Waals surface area contributed by atoms with E-state index in [2.05, 4.69) is 10.5 Å². The fourth-order valence-electron chi connectivity index (χ4n) is 0.641. The lowest BCUT2D eigenvalue weighted by molar-refractivity contribution is 0.156. The molecule has 1 rings (SSSR count). The van der Waals surface area contributed by atoms with Crippen LogP contribution in [-0.2, 0) is 11.3 Å². The first-order chi connectivity index (χ1) is 4.86. The Kier molecular flexibility index (Phi) is 2.28. The number of nitrogens with zero attached hydrogens (tertiary/aromatic N) is 1. The maximum Gasteiger partial charge on any atom is 0.169 e. The third kappa shape index (κ3) is 1.48. The number of nitrogens with one attached hydrogen (secondary N) is 1. The van der Waals surface area contributed by atoms with Crippen molar-refractivity contribution in [2.24, 2.45) is 0 Å². The molecule has 0 amide bonds. The zero-order valence-electron chi connectivity index (χ0n) is 6.05. The van der Waals surface area contributed by atoms with Crippen LogP contribution in [0.4, 0.5) is 5.82 Å². The molecule has 1 aromatic heterocycles. The summed E-state index contributed by atoms with van der Waals surface area (Å²) >= 11 is 0. The number of rotatable bonds is 3. The molecule has 0 fully saturated rings. The van der Waals surface area contributed by atoms with E-state index < -0.39 is 0 Å². The number of methoxy groups -OCH3 is 1. The fourth-order valence-corrected chi connectivity index (χ4v) is 0.641. The number of hydrogen-bond donors (Lipinski definition) is 1. The highest BCUT2D eigenvalue weighted by Crippen LogP contribution is 2.07. The minimum atomic E-state index is 0.467. The molecule has 10 heavy (non-hydrogen) atoms. The Labute approximate surface area is 59.2 Å². The van der Waals surface area contributed by atoms with E-state index in [0.29, 0.717) is 6.61 Å². The van der Waals surface area contributed by atoms with Crippen LogP contribution in [0.5, 0.6) is 0 Å². The lowest BCUT2D eigenvalue weighted by Crippen LogP contribution is -1.85. The average molecular weight is 142 g/mol. The molecule has 4 nitrogen and oxygen atoms in total. The summed E-state index contributed by atoms with van der Waals surface area (Å²) in [6.45, 7) is 0.467. The van der Waals surface area contributed by atoms with Gasteiger partial charge in [0.25, 0.3) is 0 Å². The highest BCUT2D eigenvalue weighted by molar-refractivity contribution is 5.32. The van der Waals surface area contributed by atoms with Crippen molar-refractivity contribution in [3.63, 3.8) is 0 Å². The third-order valence-electron chi connectivity index (χ3n) is 1.10. The van der Waals surface area contributed by atoms with Gasteiger partial charge in [-0.3, -0.25) is 0 Å². The van der Waals surface area contributed by atoms with Gasteiger partial charge in [-0.05, 0) is 0 Å². The molecule has 0 saturated heterocycles. The SMILES string of the molecule is CNc1cc(COC)on1. The van der Waals surface area contributed by atoms with E-state index >= 15 is 0 Å². The predicted molar refractivity (Wildman–Crippen MR) is 36.8 cm³/mol. The van der Waals surface area contributed by atoms with Crippen molar-refractivity contribution in [3.05, 3.63) is 11.8 Å². The number of ether oxygens (including phenoxy) is 1. The van der Waals surface area contributed by atoms with Crippen molar-refractivity contribution >= 4 is 5.82 Å². The van der Waals surface area contributed by atoms with Crippen LogP contribution >= 0.6 is 0 Å². The van der Waals surface area contributed by atoms with E-state index in [1.165, 1.54) is 0 Å². The second kappa shape index (κ2) is 3.22. The van der Waals surface area contributed by atoms with Crippen LogP contribution in [0, 0.1) is 0 Å². The van der Waals surface area contributed by atoms with E-state index in [4.69, 9.17) is 9.26 Å². The Morgan fingerprint density at radius 2 is 2.60 bits per heavy atom. The quantitative estimate of drug-likeness (QED) is 0.680. The standard InChI is InChI=1S/C6H10N2O2/c1-7-6-3-5(4-9-2)10-8-6/h3H,4H2,1-2H3,(H,7,8). The van der Waals surface area contributed by atoms with Crippen molar-refractivity contribution in [2.45, 2.75) is 6.61 Å². The zero-order chi connectivity index (χ0) is 7.40.